The molecule has 3 heteroatoms. The molecule has 2 rings (SSSR count). The molecule has 0 saturated carbocycles. The van der Waals surface area contributed by atoms with E-state index in [9.17, 15) is 4.79 Å². The van der Waals surface area contributed by atoms with E-state index >= 15 is 0 Å². The molecule has 1 aromatic rings. The average Bonchev–Trinajstić information content (AvgIpc) is 2.87. The molecule has 0 aromatic heterocycles. The summed E-state index contributed by atoms with van der Waals surface area (Å²) in [6, 6.07) is 8.55. The molecule has 0 spiro atoms. The van der Waals surface area contributed by atoms with Gasteiger partial charge in [-0.1, -0.05) is 26.0 Å². The monoisotopic (exact) mass is 260 g/mol. The van der Waals surface area contributed by atoms with Crippen molar-refractivity contribution in [3.63, 3.8) is 0 Å². The molecule has 0 radical (unpaired) electrons. The number of hydrogen-bond acceptors (Lipinski definition) is 2. The van der Waals surface area contributed by atoms with Crippen LogP contribution in [0.2, 0.25) is 0 Å². The molecular formula is C16H24N2O. The molecule has 3 nitrogen and oxygen atoms in total. The fraction of sp³-hybridized carbons (Fsp3) is 0.562. The zero-order valence-corrected chi connectivity index (χ0v) is 12.4. The van der Waals surface area contributed by atoms with Crippen molar-refractivity contribution in [3.8, 4) is 0 Å². The zero-order valence-electron chi connectivity index (χ0n) is 12.4. The number of nitrogens with zero attached hydrogens (tertiary/aromatic N) is 2. The second-order valence-corrected chi connectivity index (χ2v) is 5.93. The average molecular weight is 260 g/mol. The van der Waals surface area contributed by atoms with Gasteiger partial charge in [-0.15, -0.1) is 0 Å². The summed E-state index contributed by atoms with van der Waals surface area (Å²) in [5.74, 6) is 0.675. The van der Waals surface area contributed by atoms with E-state index in [-0.39, 0.29) is 5.91 Å². The maximum absolute atomic E-state index is 12.4. The lowest BCUT2D eigenvalue weighted by Crippen LogP contribution is -2.34. The Labute approximate surface area is 116 Å². The topological polar surface area (TPSA) is 23.6 Å². The van der Waals surface area contributed by atoms with Gasteiger partial charge in [0.1, 0.15) is 0 Å². The van der Waals surface area contributed by atoms with Gasteiger partial charge in [0.25, 0.3) is 5.91 Å². The number of hydrogen-bond donors (Lipinski definition) is 0. The van der Waals surface area contributed by atoms with E-state index in [1.165, 1.54) is 5.56 Å². The standard InChI is InChI=1S/C16H24N2O/c1-12(2)13-5-7-14(8-6-13)16(19)18-10-9-15(11-18)17(3)4/h5-8,12,15H,9-11H2,1-4H3. The van der Waals surface area contributed by atoms with Crippen molar-refractivity contribution in [2.45, 2.75) is 32.2 Å². The highest BCUT2D eigenvalue weighted by atomic mass is 16.2. The minimum atomic E-state index is 0.166. The number of amides is 1. The predicted molar refractivity (Wildman–Crippen MR) is 78.5 cm³/mol. The van der Waals surface area contributed by atoms with Crippen LogP contribution in [0.1, 0.15) is 42.1 Å². The fourth-order valence-electron chi connectivity index (χ4n) is 2.54. The van der Waals surface area contributed by atoms with Crippen LogP contribution in [-0.4, -0.2) is 48.9 Å². The van der Waals surface area contributed by atoms with E-state index in [1.807, 2.05) is 17.0 Å². The van der Waals surface area contributed by atoms with Crippen LogP contribution in [0.3, 0.4) is 0 Å². The van der Waals surface area contributed by atoms with Gasteiger partial charge in [-0.05, 0) is 44.1 Å². The van der Waals surface area contributed by atoms with E-state index in [1.54, 1.807) is 0 Å². The summed E-state index contributed by atoms with van der Waals surface area (Å²) in [4.78, 5) is 16.6. The van der Waals surface area contributed by atoms with Crippen LogP contribution in [0.25, 0.3) is 0 Å². The van der Waals surface area contributed by atoms with Crippen LogP contribution in [-0.2, 0) is 0 Å². The maximum Gasteiger partial charge on any atom is 0.253 e. The Morgan fingerprint density at radius 2 is 1.89 bits per heavy atom. The van der Waals surface area contributed by atoms with E-state index in [4.69, 9.17) is 0 Å². The first kappa shape index (κ1) is 14.1. The highest BCUT2D eigenvalue weighted by molar-refractivity contribution is 5.94. The third kappa shape index (κ3) is 3.16. The summed E-state index contributed by atoms with van der Waals surface area (Å²) in [7, 11) is 4.16. The summed E-state index contributed by atoms with van der Waals surface area (Å²) in [6.07, 6.45) is 1.07. The minimum absolute atomic E-state index is 0.166. The number of rotatable bonds is 3. The second kappa shape index (κ2) is 5.74. The summed E-state index contributed by atoms with van der Waals surface area (Å²) in [5.41, 5.74) is 2.09. The number of carbonyl (C=O) groups excluding carboxylic acids is 1. The summed E-state index contributed by atoms with van der Waals surface area (Å²) in [5, 5.41) is 0. The van der Waals surface area contributed by atoms with Crippen molar-refractivity contribution in [2.24, 2.45) is 0 Å². The molecule has 0 N–H and O–H groups in total. The third-order valence-corrected chi connectivity index (χ3v) is 4.01. The Morgan fingerprint density at radius 1 is 1.26 bits per heavy atom. The lowest BCUT2D eigenvalue weighted by molar-refractivity contribution is 0.0783. The Hall–Kier alpha value is -1.35. The Kier molecular flexibility index (Phi) is 4.25. The zero-order chi connectivity index (χ0) is 14.0. The van der Waals surface area contributed by atoms with Crippen LogP contribution in [0.5, 0.6) is 0 Å². The lowest BCUT2D eigenvalue weighted by atomic mass is 10.0. The number of carbonyl (C=O) groups is 1. The SMILES string of the molecule is CC(C)c1ccc(C(=O)N2CCC(N(C)C)C2)cc1. The van der Waals surface area contributed by atoms with Gasteiger partial charge >= 0.3 is 0 Å². The van der Waals surface area contributed by atoms with Gasteiger partial charge in [0.05, 0.1) is 0 Å². The van der Waals surface area contributed by atoms with Gasteiger partial charge in [-0.2, -0.15) is 0 Å². The van der Waals surface area contributed by atoms with Gasteiger partial charge < -0.3 is 9.80 Å². The predicted octanol–water partition coefficient (Wildman–Crippen LogP) is 2.59. The van der Waals surface area contributed by atoms with Crippen molar-refractivity contribution in [1.29, 1.82) is 0 Å². The van der Waals surface area contributed by atoms with Crippen LogP contribution >= 0.6 is 0 Å². The van der Waals surface area contributed by atoms with Crippen molar-refractivity contribution >= 4 is 5.91 Å². The highest BCUT2D eigenvalue weighted by Gasteiger charge is 2.27. The third-order valence-electron chi connectivity index (χ3n) is 4.01. The van der Waals surface area contributed by atoms with Gasteiger partial charge in [0, 0.05) is 24.7 Å². The smallest absolute Gasteiger partial charge is 0.253 e. The van der Waals surface area contributed by atoms with Crippen LogP contribution < -0.4 is 0 Å². The molecule has 1 fully saturated rings. The van der Waals surface area contributed by atoms with E-state index in [0.717, 1.165) is 25.1 Å². The lowest BCUT2D eigenvalue weighted by Gasteiger charge is -2.20. The van der Waals surface area contributed by atoms with Crippen molar-refractivity contribution in [1.82, 2.24) is 9.80 Å². The van der Waals surface area contributed by atoms with Gasteiger partial charge in [-0.25, -0.2) is 0 Å². The first-order valence-corrected chi connectivity index (χ1v) is 7.04. The molecule has 1 aromatic carbocycles. The quantitative estimate of drug-likeness (QED) is 0.834. The molecule has 1 saturated heterocycles. The van der Waals surface area contributed by atoms with Crippen LogP contribution in [0.15, 0.2) is 24.3 Å². The normalized spacial score (nSPS) is 19.5. The van der Waals surface area contributed by atoms with Crippen molar-refractivity contribution in [3.05, 3.63) is 35.4 Å². The molecule has 0 aliphatic carbocycles. The number of benzene rings is 1. The molecule has 104 valence electrons. The van der Waals surface area contributed by atoms with Crippen LogP contribution in [0.4, 0.5) is 0 Å². The first-order valence-electron chi connectivity index (χ1n) is 7.04. The van der Waals surface area contributed by atoms with Crippen molar-refractivity contribution in [2.75, 3.05) is 27.2 Å². The van der Waals surface area contributed by atoms with Crippen LogP contribution in [0, 0.1) is 0 Å². The van der Waals surface area contributed by atoms with Gasteiger partial charge in [0.15, 0.2) is 0 Å². The number of likely N-dealkylation sites (tertiary alicyclic amines) is 1. The molecule has 1 aliphatic rings. The Balaban J connectivity index is 2.04. The van der Waals surface area contributed by atoms with E-state index in [0.29, 0.717) is 12.0 Å². The van der Waals surface area contributed by atoms with Gasteiger partial charge in [-0.3, -0.25) is 4.79 Å². The molecule has 1 unspecified atom stereocenters. The summed E-state index contributed by atoms with van der Waals surface area (Å²) >= 11 is 0. The van der Waals surface area contributed by atoms with Crippen molar-refractivity contribution < 1.29 is 4.79 Å². The molecule has 1 aliphatic heterocycles. The Morgan fingerprint density at radius 3 is 2.37 bits per heavy atom. The maximum atomic E-state index is 12.4. The van der Waals surface area contributed by atoms with E-state index < -0.39 is 0 Å². The molecule has 19 heavy (non-hydrogen) atoms. The second-order valence-electron chi connectivity index (χ2n) is 5.93. The first-order chi connectivity index (χ1) is 8.99. The number of likely N-dealkylation sites (N-methyl/N-ethyl adjacent to an activating group) is 1. The van der Waals surface area contributed by atoms with E-state index in [2.05, 4.69) is 45.0 Å². The molecule has 1 atom stereocenters. The summed E-state index contributed by atoms with van der Waals surface area (Å²) < 4.78 is 0. The molecule has 1 amide bonds. The Bertz CT molecular complexity index is 437. The van der Waals surface area contributed by atoms with Gasteiger partial charge in [0.2, 0.25) is 0 Å². The highest BCUT2D eigenvalue weighted by Crippen LogP contribution is 2.19. The minimum Gasteiger partial charge on any atom is -0.337 e. The molecular weight excluding hydrogens is 236 g/mol. The largest absolute Gasteiger partial charge is 0.337 e. The fourth-order valence-corrected chi connectivity index (χ4v) is 2.54. The molecule has 1 heterocycles. The molecule has 0 bridgehead atoms. The summed E-state index contributed by atoms with van der Waals surface area (Å²) in [6.45, 7) is 6.04.